The molecule has 5 heteroatoms. The third-order valence-corrected chi connectivity index (χ3v) is 3.13. The van der Waals surface area contributed by atoms with Gasteiger partial charge in [-0.3, -0.25) is 4.79 Å². The number of rotatable bonds is 7. The van der Waals surface area contributed by atoms with E-state index < -0.39 is 0 Å². The second-order valence-corrected chi connectivity index (χ2v) is 4.41. The molecule has 4 nitrogen and oxygen atoms in total. The van der Waals surface area contributed by atoms with Gasteiger partial charge in [0.2, 0.25) is 5.91 Å². The summed E-state index contributed by atoms with van der Waals surface area (Å²) in [6, 6.07) is 6.11. The van der Waals surface area contributed by atoms with Gasteiger partial charge in [-0.25, -0.2) is 4.39 Å². The van der Waals surface area contributed by atoms with Crippen LogP contribution < -0.4 is 5.32 Å². The van der Waals surface area contributed by atoms with E-state index in [-0.39, 0.29) is 11.7 Å². The summed E-state index contributed by atoms with van der Waals surface area (Å²) in [7, 11) is 0. The third kappa shape index (κ3) is 4.63. The molecule has 0 bridgehead atoms. The van der Waals surface area contributed by atoms with Crippen molar-refractivity contribution < 1.29 is 9.18 Å². The lowest BCUT2D eigenvalue weighted by molar-refractivity contribution is -0.130. The fourth-order valence-corrected chi connectivity index (χ4v) is 1.97. The standard InChI is InChI=1S/C15H20FN3O/c1-3-19(4-2)15(20)7-8-18-11-13-9-14(16)6-5-12(13)10-17/h5-6,9,18H,3-4,7-8,11H2,1-2H3. The van der Waals surface area contributed by atoms with Crippen LogP contribution in [-0.4, -0.2) is 30.4 Å². The van der Waals surface area contributed by atoms with Gasteiger partial charge in [0.25, 0.3) is 0 Å². The van der Waals surface area contributed by atoms with Crippen LogP contribution in [0, 0.1) is 17.1 Å². The van der Waals surface area contributed by atoms with E-state index in [1.54, 1.807) is 4.90 Å². The molecular weight excluding hydrogens is 257 g/mol. The first-order valence-corrected chi connectivity index (χ1v) is 6.79. The summed E-state index contributed by atoms with van der Waals surface area (Å²) >= 11 is 0. The lowest BCUT2D eigenvalue weighted by Gasteiger charge is -2.18. The van der Waals surface area contributed by atoms with Crippen molar-refractivity contribution in [3.63, 3.8) is 0 Å². The van der Waals surface area contributed by atoms with Gasteiger partial charge < -0.3 is 10.2 Å². The topological polar surface area (TPSA) is 56.1 Å². The highest BCUT2D eigenvalue weighted by Crippen LogP contribution is 2.10. The Morgan fingerprint density at radius 2 is 2.10 bits per heavy atom. The second kappa shape index (κ2) is 8.28. The molecule has 1 aromatic carbocycles. The van der Waals surface area contributed by atoms with Gasteiger partial charge in [0.1, 0.15) is 5.82 Å². The van der Waals surface area contributed by atoms with Crippen molar-refractivity contribution in [1.29, 1.82) is 5.26 Å². The van der Waals surface area contributed by atoms with E-state index in [9.17, 15) is 9.18 Å². The quantitative estimate of drug-likeness (QED) is 0.776. The van der Waals surface area contributed by atoms with Gasteiger partial charge in [0.05, 0.1) is 11.6 Å². The van der Waals surface area contributed by atoms with Crippen LogP contribution in [0.1, 0.15) is 31.4 Å². The van der Waals surface area contributed by atoms with Crippen LogP contribution >= 0.6 is 0 Å². The molecule has 1 aromatic rings. The van der Waals surface area contributed by atoms with E-state index in [1.165, 1.54) is 18.2 Å². The maximum Gasteiger partial charge on any atom is 0.223 e. The number of hydrogen-bond donors (Lipinski definition) is 1. The summed E-state index contributed by atoms with van der Waals surface area (Å²) in [6.45, 7) is 6.19. The molecule has 1 N–H and O–H groups in total. The van der Waals surface area contributed by atoms with E-state index in [2.05, 4.69) is 5.32 Å². The number of nitriles is 1. The van der Waals surface area contributed by atoms with Crippen molar-refractivity contribution in [2.24, 2.45) is 0 Å². The van der Waals surface area contributed by atoms with Gasteiger partial charge in [0.15, 0.2) is 0 Å². The van der Waals surface area contributed by atoms with Crippen LogP contribution in [0.3, 0.4) is 0 Å². The number of nitrogens with one attached hydrogen (secondary N) is 1. The van der Waals surface area contributed by atoms with Gasteiger partial charge in [-0.2, -0.15) is 5.26 Å². The Balaban J connectivity index is 2.44. The van der Waals surface area contributed by atoms with Crippen molar-refractivity contribution >= 4 is 5.91 Å². The van der Waals surface area contributed by atoms with Crippen LogP contribution in [0.2, 0.25) is 0 Å². The Bertz CT molecular complexity index is 492. The SMILES string of the molecule is CCN(CC)C(=O)CCNCc1cc(F)ccc1C#N. The summed E-state index contributed by atoms with van der Waals surface area (Å²) < 4.78 is 13.1. The second-order valence-electron chi connectivity index (χ2n) is 4.41. The summed E-state index contributed by atoms with van der Waals surface area (Å²) in [4.78, 5) is 13.5. The normalized spacial score (nSPS) is 10.1. The maximum atomic E-state index is 13.1. The Morgan fingerprint density at radius 1 is 1.40 bits per heavy atom. The molecule has 0 spiro atoms. The van der Waals surface area contributed by atoms with Crippen LogP contribution in [0.5, 0.6) is 0 Å². The van der Waals surface area contributed by atoms with E-state index in [1.807, 2.05) is 19.9 Å². The molecule has 1 rings (SSSR count). The van der Waals surface area contributed by atoms with E-state index in [4.69, 9.17) is 5.26 Å². The molecule has 0 aliphatic heterocycles. The summed E-state index contributed by atoms with van der Waals surface area (Å²) in [5.41, 5.74) is 1.07. The van der Waals surface area contributed by atoms with Gasteiger partial charge in [-0.05, 0) is 37.6 Å². The zero-order valence-corrected chi connectivity index (χ0v) is 11.9. The van der Waals surface area contributed by atoms with Gasteiger partial charge in [-0.1, -0.05) is 0 Å². The van der Waals surface area contributed by atoms with Gasteiger partial charge in [-0.15, -0.1) is 0 Å². The fourth-order valence-electron chi connectivity index (χ4n) is 1.97. The minimum atomic E-state index is -0.361. The Morgan fingerprint density at radius 3 is 2.70 bits per heavy atom. The molecule has 0 saturated carbocycles. The van der Waals surface area contributed by atoms with Crippen molar-refractivity contribution in [1.82, 2.24) is 10.2 Å². The average molecular weight is 277 g/mol. The number of halogens is 1. The molecule has 0 unspecified atom stereocenters. The molecule has 108 valence electrons. The smallest absolute Gasteiger partial charge is 0.223 e. The molecule has 20 heavy (non-hydrogen) atoms. The number of amides is 1. The van der Waals surface area contributed by atoms with Crippen LogP contribution in [0.25, 0.3) is 0 Å². The molecule has 1 amide bonds. The predicted octanol–water partition coefficient (Wildman–Crippen LogP) is 2.05. The van der Waals surface area contributed by atoms with Crippen LogP contribution in [0.4, 0.5) is 4.39 Å². The van der Waals surface area contributed by atoms with E-state index in [0.29, 0.717) is 43.7 Å². The highest BCUT2D eigenvalue weighted by atomic mass is 19.1. The van der Waals surface area contributed by atoms with Crippen molar-refractivity contribution in [3.8, 4) is 6.07 Å². The molecule has 0 fully saturated rings. The minimum absolute atomic E-state index is 0.0993. The average Bonchev–Trinajstić information content (AvgIpc) is 2.45. The molecular formula is C15H20FN3O. The van der Waals surface area contributed by atoms with Crippen LogP contribution in [0.15, 0.2) is 18.2 Å². The summed E-state index contributed by atoms with van der Waals surface area (Å²) in [6.07, 6.45) is 0.402. The van der Waals surface area contributed by atoms with Crippen molar-refractivity contribution in [2.75, 3.05) is 19.6 Å². The molecule has 0 radical (unpaired) electrons. The Labute approximate surface area is 119 Å². The number of hydrogen-bond acceptors (Lipinski definition) is 3. The lowest BCUT2D eigenvalue weighted by Crippen LogP contribution is -2.32. The van der Waals surface area contributed by atoms with Gasteiger partial charge >= 0.3 is 0 Å². The highest BCUT2D eigenvalue weighted by molar-refractivity contribution is 5.76. The highest BCUT2D eigenvalue weighted by Gasteiger charge is 2.09. The number of benzene rings is 1. The maximum absolute atomic E-state index is 13.1. The summed E-state index contributed by atoms with van der Waals surface area (Å²) in [5.74, 6) is -0.262. The number of nitrogens with zero attached hydrogens (tertiary/aromatic N) is 2. The molecule has 0 aliphatic rings. The third-order valence-electron chi connectivity index (χ3n) is 3.13. The first-order valence-electron chi connectivity index (χ1n) is 6.79. The molecule has 0 heterocycles. The lowest BCUT2D eigenvalue weighted by atomic mass is 10.1. The first-order chi connectivity index (χ1) is 9.62. The largest absolute Gasteiger partial charge is 0.343 e. The fraction of sp³-hybridized carbons (Fsp3) is 0.467. The number of carbonyl (C=O) groups is 1. The van der Waals surface area contributed by atoms with Crippen molar-refractivity contribution in [3.05, 3.63) is 35.1 Å². The monoisotopic (exact) mass is 277 g/mol. The molecule has 0 aliphatic carbocycles. The summed E-state index contributed by atoms with van der Waals surface area (Å²) in [5, 5.41) is 12.0. The Hall–Kier alpha value is -1.93. The minimum Gasteiger partial charge on any atom is -0.343 e. The zero-order valence-electron chi connectivity index (χ0n) is 11.9. The molecule has 0 atom stereocenters. The first kappa shape index (κ1) is 16.1. The molecule has 0 aromatic heterocycles. The van der Waals surface area contributed by atoms with Crippen molar-refractivity contribution in [2.45, 2.75) is 26.8 Å². The number of carbonyl (C=O) groups excluding carboxylic acids is 1. The Kier molecular flexibility index (Phi) is 6.68. The van der Waals surface area contributed by atoms with Gasteiger partial charge in [0, 0.05) is 32.6 Å². The molecule has 0 saturated heterocycles. The van der Waals surface area contributed by atoms with E-state index in [0.717, 1.165) is 0 Å². The van der Waals surface area contributed by atoms with E-state index >= 15 is 0 Å². The zero-order chi connectivity index (χ0) is 15.0. The van der Waals surface area contributed by atoms with Crippen LogP contribution in [-0.2, 0) is 11.3 Å². The predicted molar refractivity (Wildman–Crippen MR) is 75.4 cm³/mol.